The van der Waals surface area contributed by atoms with E-state index in [0.29, 0.717) is 6.42 Å². The van der Waals surface area contributed by atoms with E-state index in [-0.39, 0.29) is 0 Å². The van der Waals surface area contributed by atoms with Crippen molar-refractivity contribution >= 4 is 0 Å². The summed E-state index contributed by atoms with van der Waals surface area (Å²) in [5.74, 6) is 0.858. The van der Waals surface area contributed by atoms with Crippen LogP contribution in [0.1, 0.15) is 43.0 Å². The van der Waals surface area contributed by atoms with Crippen molar-refractivity contribution in [3.8, 4) is 5.75 Å². The van der Waals surface area contributed by atoms with Crippen LogP contribution in [0.4, 0.5) is 0 Å². The first-order valence-electron chi connectivity index (χ1n) is 7.29. The summed E-state index contributed by atoms with van der Waals surface area (Å²) in [6.45, 7) is 6.70. The van der Waals surface area contributed by atoms with Crippen molar-refractivity contribution in [1.29, 1.82) is 0 Å². The number of ether oxygens (including phenoxy) is 2. The predicted octanol–water partition coefficient (Wildman–Crippen LogP) is 2.57. The van der Waals surface area contributed by atoms with Gasteiger partial charge in [-0.1, -0.05) is 0 Å². The number of aromatic nitrogens is 1. The van der Waals surface area contributed by atoms with Crippen LogP contribution in [0.15, 0.2) is 6.20 Å². The number of aliphatic hydroxyl groups is 1. The highest BCUT2D eigenvalue weighted by Gasteiger charge is 2.36. The molecule has 1 N–H and O–H groups in total. The molecule has 1 aromatic rings. The summed E-state index contributed by atoms with van der Waals surface area (Å²) in [5.41, 5.74) is 2.45. The zero-order valence-corrected chi connectivity index (χ0v) is 12.9. The van der Waals surface area contributed by atoms with Crippen LogP contribution in [0.5, 0.6) is 5.75 Å². The number of methoxy groups -OCH3 is 1. The first-order valence-corrected chi connectivity index (χ1v) is 7.29. The van der Waals surface area contributed by atoms with Gasteiger partial charge in [0.1, 0.15) is 5.75 Å². The second-order valence-corrected chi connectivity index (χ2v) is 5.88. The lowest BCUT2D eigenvalue weighted by molar-refractivity contribution is -0.135. The summed E-state index contributed by atoms with van der Waals surface area (Å²) in [4.78, 5) is 4.46. The number of aliphatic hydroxyl groups excluding tert-OH is 1. The third-order valence-electron chi connectivity index (χ3n) is 4.34. The molecule has 2 atom stereocenters. The van der Waals surface area contributed by atoms with Crippen molar-refractivity contribution in [2.24, 2.45) is 0 Å². The number of rotatable bonds is 4. The molecule has 0 aromatic carbocycles. The van der Waals surface area contributed by atoms with Gasteiger partial charge in [-0.25, -0.2) is 0 Å². The average Bonchev–Trinajstić information content (AvgIpc) is 2.43. The van der Waals surface area contributed by atoms with Gasteiger partial charge in [-0.15, -0.1) is 0 Å². The van der Waals surface area contributed by atoms with E-state index in [9.17, 15) is 5.11 Å². The molecule has 1 aliphatic heterocycles. The summed E-state index contributed by atoms with van der Waals surface area (Å²) >= 11 is 0. The van der Waals surface area contributed by atoms with Gasteiger partial charge in [0.05, 0.1) is 18.8 Å². The Morgan fingerprint density at radius 3 is 2.80 bits per heavy atom. The van der Waals surface area contributed by atoms with Crippen LogP contribution < -0.4 is 4.74 Å². The molecule has 0 amide bonds. The van der Waals surface area contributed by atoms with Gasteiger partial charge in [-0.2, -0.15) is 0 Å². The molecular weight excluding hydrogens is 254 g/mol. The van der Waals surface area contributed by atoms with Crippen LogP contribution in [0.2, 0.25) is 0 Å². The molecule has 1 aromatic heterocycles. The van der Waals surface area contributed by atoms with Gasteiger partial charge in [0.25, 0.3) is 0 Å². The van der Waals surface area contributed by atoms with Crippen LogP contribution in [-0.2, 0) is 11.2 Å². The van der Waals surface area contributed by atoms with Crippen LogP contribution in [-0.4, -0.2) is 35.5 Å². The average molecular weight is 279 g/mol. The molecule has 2 unspecified atom stereocenters. The normalized spacial score (nSPS) is 24.4. The van der Waals surface area contributed by atoms with Crippen LogP contribution >= 0.6 is 0 Å². The van der Waals surface area contributed by atoms with Crippen LogP contribution in [0.25, 0.3) is 0 Å². The van der Waals surface area contributed by atoms with Gasteiger partial charge in [0, 0.05) is 36.0 Å². The highest BCUT2D eigenvalue weighted by atomic mass is 16.5. The molecule has 1 fully saturated rings. The minimum atomic E-state index is -0.540. The molecule has 20 heavy (non-hydrogen) atoms. The molecular formula is C16H25NO3. The van der Waals surface area contributed by atoms with Gasteiger partial charge >= 0.3 is 0 Å². The molecule has 2 rings (SSSR count). The molecule has 0 radical (unpaired) electrons. The Morgan fingerprint density at radius 2 is 2.20 bits per heavy atom. The third kappa shape index (κ3) is 2.96. The highest BCUT2D eigenvalue weighted by molar-refractivity contribution is 5.41. The predicted molar refractivity (Wildman–Crippen MR) is 78.2 cm³/mol. The van der Waals surface area contributed by atoms with Crippen LogP contribution in [0, 0.1) is 13.8 Å². The summed E-state index contributed by atoms with van der Waals surface area (Å²) in [5, 5.41) is 10.5. The van der Waals surface area contributed by atoms with E-state index in [2.05, 4.69) is 4.98 Å². The Hall–Kier alpha value is -1.13. The first-order chi connectivity index (χ1) is 9.48. The lowest BCUT2D eigenvalue weighted by atomic mass is 9.87. The summed E-state index contributed by atoms with van der Waals surface area (Å²) in [7, 11) is 1.67. The lowest BCUT2D eigenvalue weighted by Crippen LogP contribution is -2.45. The van der Waals surface area contributed by atoms with Gasteiger partial charge in [-0.05, 0) is 40.0 Å². The SMILES string of the molecule is COc1c(C)cnc(CC(O)C2(C)CCCCO2)c1C. The minimum absolute atomic E-state index is 0.454. The van der Waals surface area contributed by atoms with Crippen LogP contribution in [0.3, 0.4) is 0 Å². The quantitative estimate of drug-likeness (QED) is 0.920. The van der Waals surface area contributed by atoms with Gasteiger partial charge in [0.2, 0.25) is 0 Å². The topological polar surface area (TPSA) is 51.6 Å². The van der Waals surface area contributed by atoms with E-state index < -0.39 is 11.7 Å². The minimum Gasteiger partial charge on any atom is -0.496 e. The molecule has 0 saturated carbocycles. The van der Waals surface area contributed by atoms with Crippen molar-refractivity contribution in [2.75, 3.05) is 13.7 Å². The second-order valence-electron chi connectivity index (χ2n) is 5.88. The van der Waals surface area contributed by atoms with Gasteiger partial charge in [0.15, 0.2) is 0 Å². The fourth-order valence-corrected chi connectivity index (χ4v) is 2.89. The maximum Gasteiger partial charge on any atom is 0.128 e. The van der Waals surface area contributed by atoms with E-state index in [1.807, 2.05) is 20.8 Å². The molecule has 1 aliphatic rings. The van der Waals surface area contributed by atoms with Crippen molar-refractivity contribution in [2.45, 2.75) is 58.2 Å². The Morgan fingerprint density at radius 1 is 1.45 bits per heavy atom. The van der Waals surface area contributed by atoms with E-state index in [0.717, 1.165) is 48.4 Å². The molecule has 1 saturated heterocycles. The Balaban J connectivity index is 2.17. The second kappa shape index (κ2) is 6.10. The molecule has 4 nitrogen and oxygen atoms in total. The van der Waals surface area contributed by atoms with Crippen molar-refractivity contribution in [3.63, 3.8) is 0 Å². The number of hydrogen-bond donors (Lipinski definition) is 1. The molecule has 0 aliphatic carbocycles. The lowest BCUT2D eigenvalue weighted by Gasteiger charge is -2.38. The van der Waals surface area contributed by atoms with E-state index in [1.165, 1.54) is 0 Å². The molecule has 0 bridgehead atoms. The van der Waals surface area contributed by atoms with Crippen molar-refractivity contribution < 1.29 is 14.6 Å². The van der Waals surface area contributed by atoms with Crippen molar-refractivity contribution in [1.82, 2.24) is 4.98 Å². The number of aryl methyl sites for hydroxylation is 1. The largest absolute Gasteiger partial charge is 0.496 e. The smallest absolute Gasteiger partial charge is 0.128 e. The fourth-order valence-electron chi connectivity index (χ4n) is 2.89. The summed E-state index contributed by atoms with van der Waals surface area (Å²) in [6.07, 6.45) is 4.85. The van der Waals surface area contributed by atoms with E-state index in [1.54, 1.807) is 13.3 Å². The Labute approximate surface area is 121 Å². The maximum atomic E-state index is 10.5. The summed E-state index contributed by atoms with van der Waals surface area (Å²) in [6, 6.07) is 0. The third-order valence-corrected chi connectivity index (χ3v) is 4.34. The Bertz CT molecular complexity index is 467. The van der Waals surface area contributed by atoms with Gasteiger partial charge in [-0.3, -0.25) is 4.98 Å². The molecule has 0 spiro atoms. The Kier molecular flexibility index (Phi) is 4.66. The standard InChI is InChI=1S/C16H25NO3/c1-11-10-17-13(12(2)15(11)19-4)9-14(18)16(3)7-5-6-8-20-16/h10,14,18H,5-9H2,1-4H3. The van der Waals surface area contributed by atoms with Gasteiger partial charge < -0.3 is 14.6 Å². The fraction of sp³-hybridized carbons (Fsp3) is 0.688. The number of nitrogens with zero attached hydrogens (tertiary/aromatic N) is 1. The maximum absolute atomic E-state index is 10.5. The summed E-state index contributed by atoms with van der Waals surface area (Å²) < 4.78 is 11.2. The number of hydrogen-bond acceptors (Lipinski definition) is 4. The zero-order chi connectivity index (χ0) is 14.8. The first kappa shape index (κ1) is 15.3. The number of pyridine rings is 1. The highest BCUT2D eigenvalue weighted by Crippen LogP contribution is 2.31. The molecule has 4 heteroatoms. The monoisotopic (exact) mass is 279 g/mol. The zero-order valence-electron chi connectivity index (χ0n) is 12.9. The molecule has 2 heterocycles. The van der Waals surface area contributed by atoms with E-state index >= 15 is 0 Å². The molecule has 112 valence electrons. The van der Waals surface area contributed by atoms with E-state index in [4.69, 9.17) is 9.47 Å². The van der Waals surface area contributed by atoms with Crippen molar-refractivity contribution in [3.05, 3.63) is 23.0 Å².